The summed E-state index contributed by atoms with van der Waals surface area (Å²) in [4.78, 5) is 33.3. The summed E-state index contributed by atoms with van der Waals surface area (Å²) in [5.74, 6) is -0.439. The van der Waals surface area contributed by atoms with E-state index in [2.05, 4.69) is 11.1 Å². The Morgan fingerprint density at radius 3 is 2.59 bits per heavy atom. The van der Waals surface area contributed by atoms with Gasteiger partial charge in [0.25, 0.3) is 0 Å². The Balaban J connectivity index is 1.53. The molecule has 1 aromatic heterocycles. The smallest absolute Gasteiger partial charge is 0.246 e. The molecule has 2 amide bonds. The molecule has 1 saturated heterocycles. The molecule has 0 radical (unpaired) electrons. The van der Waals surface area contributed by atoms with Gasteiger partial charge in [-0.25, -0.2) is 4.39 Å². The molecule has 0 aliphatic carbocycles. The molecule has 5 rings (SSSR count). The molecule has 6 heteroatoms. The van der Waals surface area contributed by atoms with E-state index >= 15 is 0 Å². The first-order valence-corrected chi connectivity index (χ1v) is 9.82. The highest BCUT2D eigenvalue weighted by Crippen LogP contribution is 2.42. The number of amides is 2. The molecular weight excluding hydrogens is 369 g/mol. The fourth-order valence-corrected chi connectivity index (χ4v) is 4.88. The number of halogens is 1. The lowest BCUT2D eigenvalue weighted by Gasteiger charge is -2.51. The zero-order valence-electron chi connectivity index (χ0n) is 16.4. The number of aromatic amines is 1. The number of rotatable bonds is 2. The maximum Gasteiger partial charge on any atom is 0.246 e. The molecule has 1 unspecified atom stereocenters. The van der Waals surface area contributed by atoms with E-state index in [-0.39, 0.29) is 24.2 Å². The molecule has 1 fully saturated rings. The summed E-state index contributed by atoms with van der Waals surface area (Å²) in [6.07, 6.45) is 0.493. The average Bonchev–Trinajstić information content (AvgIpc) is 3.07. The molecule has 3 aromatic rings. The minimum absolute atomic E-state index is 0.0334. The third-order valence-electron chi connectivity index (χ3n) is 6.22. The second kappa shape index (κ2) is 6.17. The van der Waals surface area contributed by atoms with Crippen molar-refractivity contribution >= 4 is 22.7 Å². The summed E-state index contributed by atoms with van der Waals surface area (Å²) in [6, 6.07) is 13.6. The molecule has 1 atom stereocenters. The van der Waals surface area contributed by atoms with Crippen molar-refractivity contribution in [3.63, 3.8) is 0 Å². The van der Waals surface area contributed by atoms with Gasteiger partial charge < -0.3 is 14.8 Å². The monoisotopic (exact) mass is 391 g/mol. The quantitative estimate of drug-likeness (QED) is 0.729. The molecule has 148 valence electrons. The van der Waals surface area contributed by atoms with Gasteiger partial charge in [0.2, 0.25) is 11.8 Å². The summed E-state index contributed by atoms with van der Waals surface area (Å²) >= 11 is 0. The second-order valence-electron chi connectivity index (χ2n) is 8.39. The van der Waals surface area contributed by atoms with E-state index in [1.807, 2.05) is 32.0 Å². The topological polar surface area (TPSA) is 56.4 Å². The third kappa shape index (κ3) is 2.66. The Bertz CT molecular complexity index is 1130. The predicted molar refractivity (Wildman–Crippen MR) is 107 cm³/mol. The van der Waals surface area contributed by atoms with Crippen LogP contribution in [0.25, 0.3) is 10.9 Å². The molecule has 5 nitrogen and oxygen atoms in total. The second-order valence-corrected chi connectivity index (χ2v) is 8.39. The van der Waals surface area contributed by atoms with Crippen LogP contribution in [0.1, 0.15) is 30.7 Å². The standard InChI is InChI=1S/C23H22FN3O2/c1-23(2)21-17(16-5-3-4-6-18(16)25-21)11-19-22(29)26(13-20(28)27(19)23)12-14-7-9-15(24)10-8-14/h3-10,19,25H,11-13H2,1-2H3. The fourth-order valence-electron chi connectivity index (χ4n) is 4.88. The van der Waals surface area contributed by atoms with Crippen LogP contribution in [-0.2, 0) is 28.1 Å². The van der Waals surface area contributed by atoms with Gasteiger partial charge in [-0.05, 0) is 43.2 Å². The van der Waals surface area contributed by atoms with Crippen molar-refractivity contribution in [2.75, 3.05) is 6.54 Å². The number of nitrogens with zero attached hydrogens (tertiary/aromatic N) is 2. The van der Waals surface area contributed by atoms with Crippen LogP contribution in [0.2, 0.25) is 0 Å². The zero-order chi connectivity index (χ0) is 20.3. The molecule has 0 bridgehead atoms. The number of piperazine rings is 1. The van der Waals surface area contributed by atoms with Crippen molar-refractivity contribution in [2.24, 2.45) is 0 Å². The lowest BCUT2D eigenvalue weighted by molar-refractivity contribution is -0.164. The number of benzene rings is 2. The number of para-hydroxylation sites is 1. The van der Waals surface area contributed by atoms with Gasteiger partial charge in [-0.15, -0.1) is 0 Å². The first kappa shape index (κ1) is 17.9. The summed E-state index contributed by atoms with van der Waals surface area (Å²) in [5, 5.41) is 1.10. The molecule has 0 spiro atoms. The average molecular weight is 391 g/mol. The Hall–Kier alpha value is -3.15. The fraction of sp³-hybridized carbons (Fsp3) is 0.304. The summed E-state index contributed by atoms with van der Waals surface area (Å²) in [7, 11) is 0. The summed E-state index contributed by atoms with van der Waals surface area (Å²) in [6.45, 7) is 4.32. The first-order valence-electron chi connectivity index (χ1n) is 9.82. The van der Waals surface area contributed by atoms with Crippen LogP contribution in [-0.4, -0.2) is 39.2 Å². The molecule has 1 N–H and O–H groups in total. The van der Waals surface area contributed by atoms with Gasteiger partial charge in [-0.3, -0.25) is 9.59 Å². The van der Waals surface area contributed by atoms with E-state index in [1.54, 1.807) is 21.9 Å². The number of aromatic nitrogens is 1. The number of hydrogen-bond acceptors (Lipinski definition) is 2. The Morgan fingerprint density at radius 1 is 1.10 bits per heavy atom. The minimum atomic E-state index is -0.605. The van der Waals surface area contributed by atoms with Crippen molar-refractivity contribution in [1.82, 2.24) is 14.8 Å². The van der Waals surface area contributed by atoms with E-state index in [4.69, 9.17) is 0 Å². The lowest BCUT2D eigenvalue weighted by atomic mass is 9.82. The van der Waals surface area contributed by atoms with E-state index in [1.165, 1.54) is 12.1 Å². The van der Waals surface area contributed by atoms with Gasteiger partial charge in [-0.1, -0.05) is 30.3 Å². The van der Waals surface area contributed by atoms with Crippen molar-refractivity contribution in [2.45, 2.75) is 38.4 Å². The highest BCUT2D eigenvalue weighted by atomic mass is 19.1. The van der Waals surface area contributed by atoms with Gasteiger partial charge in [0.1, 0.15) is 18.4 Å². The van der Waals surface area contributed by atoms with Gasteiger partial charge in [0.15, 0.2) is 0 Å². The summed E-state index contributed by atoms with van der Waals surface area (Å²) < 4.78 is 13.2. The van der Waals surface area contributed by atoms with E-state index < -0.39 is 11.6 Å². The number of nitrogens with one attached hydrogen (secondary N) is 1. The van der Waals surface area contributed by atoms with Gasteiger partial charge in [0.05, 0.1) is 5.54 Å². The van der Waals surface area contributed by atoms with Crippen LogP contribution in [0.15, 0.2) is 48.5 Å². The largest absolute Gasteiger partial charge is 0.356 e. The molecule has 2 aliphatic heterocycles. The van der Waals surface area contributed by atoms with Crippen LogP contribution in [0, 0.1) is 5.82 Å². The van der Waals surface area contributed by atoms with Crippen LogP contribution >= 0.6 is 0 Å². The van der Waals surface area contributed by atoms with Crippen molar-refractivity contribution in [3.05, 3.63) is 71.2 Å². The van der Waals surface area contributed by atoms with Gasteiger partial charge in [-0.2, -0.15) is 0 Å². The number of carbonyl (C=O) groups excluding carboxylic acids is 2. The van der Waals surface area contributed by atoms with Crippen LogP contribution in [0.5, 0.6) is 0 Å². The highest BCUT2D eigenvalue weighted by molar-refractivity contribution is 5.97. The van der Waals surface area contributed by atoms with Gasteiger partial charge >= 0.3 is 0 Å². The normalized spacial score (nSPS) is 20.7. The maximum absolute atomic E-state index is 13.4. The predicted octanol–water partition coefficient (Wildman–Crippen LogP) is 3.34. The van der Waals surface area contributed by atoms with Gasteiger partial charge in [0, 0.05) is 29.6 Å². The number of hydrogen-bond donors (Lipinski definition) is 1. The van der Waals surface area contributed by atoms with Crippen LogP contribution < -0.4 is 0 Å². The Morgan fingerprint density at radius 2 is 1.83 bits per heavy atom. The van der Waals surface area contributed by atoms with Crippen LogP contribution in [0.3, 0.4) is 0 Å². The first-order chi connectivity index (χ1) is 13.9. The lowest BCUT2D eigenvalue weighted by Crippen LogP contribution is -2.66. The van der Waals surface area contributed by atoms with E-state index in [9.17, 15) is 14.0 Å². The molecule has 29 heavy (non-hydrogen) atoms. The van der Waals surface area contributed by atoms with E-state index in [0.29, 0.717) is 13.0 Å². The van der Waals surface area contributed by atoms with E-state index in [0.717, 1.165) is 27.7 Å². The molecular formula is C23H22FN3O2. The molecule has 2 aliphatic rings. The third-order valence-corrected chi connectivity index (χ3v) is 6.22. The summed E-state index contributed by atoms with van der Waals surface area (Å²) in [5.41, 5.74) is 3.34. The highest BCUT2D eigenvalue weighted by Gasteiger charge is 2.51. The number of H-pyrrole nitrogens is 1. The Kier molecular flexibility index (Phi) is 3.81. The molecule has 2 aromatic carbocycles. The van der Waals surface area contributed by atoms with Crippen molar-refractivity contribution in [1.29, 1.82) is 0 Å². The Labute approximate surface area is 168 Å². The SMILES string of the molecule is CC1(C)c2[nH]c3ccccc3c2CC2C(=O)N(Cc3ccc(F)cc3)CC(=O)N21. The molecule has 0 saturated carbocycles. The maximum atomic E-state index is 13.4. The zero-order valence-corrected chi connectivity index (χ0v) is 16.4. The van der Waals surface area contributed by atoms with Crippen LogP contribution in [0.4, 0.5) is 4.39 Å². The number of fused-ring (bicyclic) bond motifs is 4. The molecule has 3 heterocycles. The number of carbonyl (C=O) groups is 2. The van der Waals surface area contributed by atoms with Crippen molar-refractivity contribution < 1.29 is 14.0 Å². The minimum Gasteiger partial charge on any atom is -0.356 e. The van der Waals surface area contributed by atoms with Crippen molar-refractivity contribution in [3.8, 4) is 0 Å².